The smallest absolute Gasteiger partial charge is 0.0714 e. The van der Waals surface area contributed by atoms with E-state index in [1.54, 1.807) is 0 Å². The number of aryl methyl sites for hydroxylation is 1. The van der Waals surface area contributed by atoms with Gasteiger partial charge in [-0.25, -0.2) is 0 Å². The second-order valence-electron chi connectivity index (χ2n) is 18.3. The number of nitrogens with zero attached hydrogens (tertiary/aromatic N) is 1. The summed E-state index contributed by atoms with van der Waals surface area (Å²) >= 11 is 0. The summed E-state index contributed by atoms with van der Waals surface area (Å²) in [5, 5.41) is 5.05. The van der Waals surface area contributed by atoms with E-state index < -0.39 is 5.41 Å². The van der Waals surface area contributed by atoms with E-state index in [4.69, 9.17) is 0 Å². The molecule has 0 aliphatic heterocycles. The van der Waals surface area contributed by atoms with Crippen molar-refractivity contribution in [2.75, 3.05) is 4.90 Å². The summed E-state index contributed by atoms with van der Waals surface area (Å²) in [7, 11) is 0. The highest BCUT2D eigenvalue weighted by atomic mass is 15.1. The fraction of sp³-hybridized carbons (Fsp3) is 0.0968. The summed E-state index contributed by atoms with van der Waals surface area (Å²) in [5.74, 6) is 0. The molecule has 10 aromatic carbocycles. The van der Waals surface area contributed by atoms with Crippen molar-refractivity contribution in [3.05, 3.63) is 257 Å². The Bertz CT molecular complexity index is 3500. The van der Waals surface area contributed by atoms with Crippen molar-refractivity contribution in [1.82, 2.24) is 0 Å². The number of anilines is 3. The van der Waals surface area contributed by atoms with E-state index in [1.807, 2.05) is 0 Å². The highest BCUT2D eigenvalue weighted by Gasteiger charge is 2.47. The zero-order valence-electron chi connectivity index (χ0n) is 35.6. The van der Waals surface area contributed by atoms with Gasteiger partial charge < -0.3 is 4.90 Å². The lowest BCUT2D eigenvalue weighted by Gasteiger charge is -2.36. The maximum Gasteiger partial charge on any atom is 0.0714 e. The SMILES string of the molecule is CC1(C)c2ccc3c(c2-c2cccc(N(c4ccccc4)c4cccc(C5(c6ccc7ccccc7c6)c6ccccc6-c6c5ccc5ccccc65)c4)c21)CCc1ccccc1-3. The third-order valence-corrected chi connectivity index (χ3v) is 14.8. The van der Waals surface area contributed by atoms with Crippen molar-refractivity contribution in [1.29, 1.82) is 0 Å². The molecule has 0 radical (unpaired) electrons. The summed E-state index contributed by atoms with van der Waals surface area (Å²) in [4.78, 5) is 2.54. The van der Waals surface area contributed by atoms with Gasteiger partial charge in [-0.05, 0) is 149 Å². The fourth-order valence-corrected chi connectivity index (χ4v) is 12.1. The topological polar surface area (TPSA) is 3.24 Å². The first kappa shape index (κ1) is 36.2. The summed E-state index contributed by atoms with van der Waals surface area (Å²) in [6.07, 6.45) is 2.12. The molecule has 1 heteroatoms. The van der Waals surface area contributed by atoms with Gasteiger partial charge in [-0.1, -0.05) is 190 Å². The van der Waals surface area contributed by atoms with Gasteiger partial charge in [-0.15, -0.1) is 0 Å². The fourth-order valence-electron chi connectivity index (χ4n) is 12.1. The molecule has 3 aliphatic carbocycles. The summed E-state index contributed by atoms with van der Waals surface area (Å²) in [6, 6.07) is 80.1. The van der Waals surface area contributed by atoms with Gasteiger partial charge >= 0.3 is 0 Å². The highest BCUT2D eigenvalue weighted by molar-refractivity contribution is 6.04. The first-order valence-electron chi connectivity index (χ1n) is 22.5. The molecule has 3 aliphatic rings. The van der Waals surface area contributed by atoms with E-state index in [0.717, 1.165) is 24.2 Å². The Hall–Kier alpha value is -7.48. The minimum atomic E-state index is -0.581. The van der Waals surface area contributed by atoms with Crippen molar-refractivity contribution >= 4 is 38.6 Å². The average Bonchev–Trinajstić information content (AvgIpc) is 3.78. The second kappa shape index (κ2) is 13.5. The predicted octanol–water partition coefficient (Wildman–Crippen LogP) is 15.9. The largest absolute Gasteiger partial charge is 0.310 e. The zero-order chi connectivity index (χ0) is 41.9. The van der Waals surface area contributed by atoms with Crippen LogP contribution in [0.2, 0.25) is 0 Å². The number of rotatable bonds is 5. The standard InChI is InChI=1S/C62H45N/c1-61(2)55-37-35-50-48-24-10-8-17-41(48)31-34-51(50)59(55)53-27-15-29-57(60(53)61)63(46-21-4-3-5-22-46)47-23-14-20-44(39-47)62(45-33-30-40-16-6-7-19-43(40)38-45)54-28-13-12-26-52(54)58-49-25-11-9-18-42(49)32-36-56(58)62/h3-30,32-33,35-39H,31,34H2,1-2H3. The summed E-state index contributed by atoms with van der Waals surface area (Å²) in [6.45, 7) is 4.88. The van der Waals surface area contributed by atoms with E-state index in [-0.39, 0.29) is 5.41 Å². The molecule has 10 aromatic rings. The van der Waals surface area contributed by atoms with Gasteiger partial charge in [0.25, 0.3) is 0 Å². The third kappa shape index (κ3) is 5.05. The number of hydrogen-bond donors (Lipinski definition) is 0. The molecule has 0 aromatic heterocycles. The minimum Gasteiger partial charge on any atom is -0.310 e. The number of hydrogen-bond acceptors (Lipinski definition) is 1. The number of para-hydroxylation sites is 1. The van der Waals surface area contributed by atoms with E-state index in [9.17, 15) is 0 Å². The highest BCUT2D eigenvalue weighted by Crippen LogP contribution is 2.60. The Morgan fingerprint density at radius 2 is 1.06 bits per heavy atom. The normalized spacial score (nSPS) is 16.2. The van der Waals surface area contributed by atoms with E-state index in [2.05, 4.69) is 231 Å². The van der Waals surface area contributed by atoms with Crippen molar-refractivity contribution in [3.63, 3.8) is 0 Å². The zero-order valence-corrected chi connectivity index (χ0v) is 35.6. The van der Waals surface area contributed by atoms with Gasteiger partial charge in [0.2, 0.25) is 0 Å². The van der Waals surface area contributed by atoms with Crippen LogP contribution in [0.15, 0.2) is 212 Å². The Morgan fingerprint density at radius 3 is 1.95 bits per heavy atom. The van der Waals surface area contributed by atoms with Crippen molar-refractivity contribution in [2.45, 2.75) is 37.5 Å². The van der Waals surface area contributed by atoms with Gasteiger partial charge in [0, 0.05) is 16.8 Å². The van der Waals surface area contributed by atoms with Crippen LogP contribution in [0.25, 0.3) is 54.9 Å². The Morgan fingerprint density at radius 1 is 0.397 bits per heavy atom. The van der Waals surface area contributed by atoms with Crippen molar-refractivity contribution < 1.29 is 0 Å². The lowest BCUT2D eigenvalue weighted by Crippen LogP contribution is -2.29. The number of fused-ring (bicyclic) bond motifs is 13. The molecule has 0 spiro atoms. The molecular weight excluding hydrogens is 759 g/mol. The molecule has 1 atom stereocenters. The van der Waals surface area contributed by atoms with Crippen LogP contribution < -0.4 is 4.90 Å². The van der Waals surface area contributed by atoms with Crippen LogP contribution in [0.5, 0.6) is 0 Å². The third-order valence-electron chi connectivity index (χ3n) is 14.8. The maximum atomic E-state index is 2.54. The van der Waals surface area contributed by atoms with Crippen LogP contribution >= 0.6 is 0 Å². The molecular formula is C62H45N. The molecule has 0 bridgehead atoms. The van der Waals surface area contributed by atoms with E-state index in [0.29, 0.717) is 0 Å². The van der Waals surface area contributed by atoms with Crippen molar-refractivity contribution in [2.24, 2.45) is 0 Å². The van der Waals surface area contributed by atoms with E-state index >= 15 is 0 Å². The van der Waals surface area contributed by atoms with Gasteiger partial charge in [0.05, 0.1) is 11.1 Å². The molecule has 1 unspecified atom stereocenters. The molecule has 298 valence electrons. The van der Waals surface area contributed by atoms with Crippen molar-refractivity contribution in [3.8, 4) is 33.4 Å². The molecule has 0 amide bonds. The van der Waals surface area contributed by atoms with Crippen LogP contribution in [0, 0.1) is 0 Å². The Kier molecular flexibility index (Phi) is 7.76. The number of benzene rings is 10. The Balaban J connectivity index is 1.07. The molecule has 0 fully saturated rings. The van der Waals surface area contributed by atoms with Crippen LogP contribution in [0.3, 0.4) is 0 Å². The quantitative estimate of drug-likeness (QED) is 0.168. The first-order valence-corrected chi connectivity index (χ1v) is 22.5. The molecule has 0 saturated heterocycles. The monoisotopic (exact) mass is 803 g/mol. The van der Waals surface area contributed by atoms with Crippen LogP contribution in [0.4, 0.5) is 17.1 Å². The second-order valence-corrected chi connectivity index (χ2v) is 18.3. The lowest BCUT2D eigenvalue weighted by molar-refractivity contribution is 0.660. The molecule has 0 N–H and O–H groups in total. The maximum absolute atomic E-state index is 2.54. The molecule has 0 heterocycles. The van der Waals surface area contributed by atoms with Crippen LogP contribution in [-0.2, 0) is 23.7 Å². The Labute approximate surface area is 369 Å². The van der Waals surface area contributed by atoms with Crippen LogP contribution in [0.1, 0.15) is 58.4 Å². The molecule has 0 saturated carbocycles. The predicted molar refractivity (Wildman–Crippen MR) is 264 cm³/mol. The molecule has 63 heavy (non-hydrogen) atoms. The minimum absolute atomic E-state index is 0.228. The summed E-state index contributed by atoms with van der Waals surface area (Å²) in [5.41, 5.74) is 21.8. The van der Waals surface area contributed by atoms with Gasteiger partial charge in [0.1, 0.15) is 0 Å². The average molecular weight is 804 g/mol. The first-order chi connectivity index (χ1) is 31.0. The van der Waals surface area contributed by atoms with Crippen LogP contribution in [-0.4, -0.2) is 0 Å². The van der Waals surface area contributed by atoms with Gasteiger partial charge in [-0.2, -0.15) is 0 Å². The molecule has 13 rings (SSSR count). The summed E-state index contributed by atoms with van der Waals surface area (Å²) < 4.78 is 0. The van der Waals surface area contributed by atoms with Gasteiger partial charge in [0.15, 0.2) is 0 Å². The van der Waals surface area contributed by atoms with E-state index in [1.165, 1.54) is 105 Å². The molecule has 1 nitrogen and oxygen atoms in total. The lowest BCUT2D eigenvalue weighted by atomic mass is 9.67. The van der Waals surface area contributed by atoms with Gasteiger partial charge in [-0.3, -0.25) is 0 Å².